The lowest BCUT2D eigenvalue weighted by Crippen LogP contribution is -2.49. The topological polar surface area (TPSA) is 44.8 Å². The molecule has 6 heteroatoms. The van der Waals surface area contributed by atoms with E-state index < -0.39 is 22.2 Å². The van der Waals surface area contributed by atoms with Crippen LogP contribution in [0, 0.1) is 0 Å². The molecule has 0 aliphatic rings. The molecule has 0 fully saturated rings. The Kier molecular flexibility index (Phi) is 17.7. The Morgan fingerprint density at radius 1 is 0.727 bits per heavy atom. The van der Waals surface area contributed by atoms with E-state index in [1.165, 1.54) is 57.8 Å². The molecule has 196 valence electrons. The van der Waals surface area contributed by atoms with Gasteiger partial charge in [0, 0.05) is 0 Å². The van der Waals surface area contributed by atoms with Crippen LogP contribution in [0.5, 0.6) is 0 Å². The molecule has 0 aliphatic heterocycles. The third kappa shape index (κ3) is 18.6. The predicted octanol–water partition coefficient (Wildman–Crippen LogP) is 8.99. The number of esters is 1. The van der Waals surface area contributed by atoms with Gasteiger partial charge in [-0.05, 0) is 77.8 Å². The third-order valence-electron chi connectivity index (χ3n) is 5.72. The number of carbonyl (C=O) groups excluding carboxylic acids is 1. The van der Waals surface area contributed by atoms with Gasteiger partial charge in [-0.1, -0.05) is 77.4 Å². The monoisotopic (exact) mass is 500 g/mol. The van der Waals surface area contributed by atoms with Gasteiger partial charge in [0.25, 0.3) is 0 Å². The first kappa shape index (κ1) is 32.6. The summed E-state index contributed by atoms with van der Waals surface area (Å²) in [5.74, 6) is -0.247. The van der Waals surface area contributed by atoms with E-state index in [2.05, 4.69) is 58.4 Å². The number of ether oxygens (including phenoxy) is 1. The second-order valence-electron chi connectivity index (χ2n) is 11.3. The molecule has 1 atom stereocenters. The summed E-state index contributed by atoms with van der Waals surface area (Å²) in [7, 11) is -3.62. The molecule has 33 heavy (non-hydrogen) atoms. The van der Waals surface area contributed by atoms with E-state index in [9.17, 15) is 4.79 Å². The minimum atomic E-state index is -1.90. The van der Waals surface area contributed by atoms with Crippen LogP contribution < -0.4 is 0 Å². The van der Waals surface area contributed by atoms with Crippen LogP contribution in [-0.2, 0) is 18.4 Å². The van der Waals surface area contributed by atoms with Gasteiger partial charge in [0.05, 0.1) is 0 Å². The van der Waals surface area contributed by atoms with Gasteiger partial charge in [-0.15, -0.1) is 0 Å². The average molecular weight is 501 g/mol. The molecule has 0 bridgehead atoms. The van der Waals surface area contributed by atoms with Crippen molar-refractivity contribution in [3.8, 4) is 0 Å². The zero-order valence-corrected chi connectivity index (χ0v) is 25.4. The van der Waals surface area contributed by atoms with E-state index in [-0.39, 0.29) is 12.8 Å². The standard InChI is InChI=1S/C27H56O4Si2/c1-9-11-12-13-14-15-16-17-18-19-20-21-22-23-24-27(10-2,31-33(6,7)8)26(28)29-25-30-32(3,4)5/h17-18H,9-16,19-25H2,1-8H3/b18-17+. The number of carbonyl (C=O) groups is 1. The molecule has 0 aromatic heterocycles. The maximum absolute atomic E-state index is 13.0. The first-order chi connectivity index (χ1) is 15.5. The molecule has 0 heterocycles. The quantitative estimate of drug-likeness (QED) is 0.0518. The van der Waals surface area contributed by atoms with E-state index >= 15 is 0 Å². The van der Waals surface area contributed by atoms with Crippen LogP contribution in [0.3, 0.4) is 0 Å². The van der Waals surface area contributed by atoms with Crippen LogP contribution in [0.2, 0.25) is 39.3 Å². The molecule has 0 aromatic rings. The summed E-state index contributed by atoms with van der Waals surface area (Å²) in [5, 5.41) is 0. The fourth-order valence-corrected chi connectivity index (χ4v) is 5.78. The smallest absolute Gasteiger partial charge is 0.339 e. The Hall–Kier alpha value is -0.436. The highest BCUT2D eigenvalue weighted by atomic mass is 28.4. The van der Waals surface area contributed by atoms with Crippen molar-refractivity contribution < 1.29 is 18.4 Å². The minimum Gasteiger partial charge on any atom is -0.437 e. The summed E-state index contributed by atoms with van der Waals surface area (Å²) in [4.78, 5) is 13.0. The van der Waals surface area contributed by atoms with Crippen molar-refractivity contribution in [1.82, 2.24) is 0 Å². The zero-order chi connectivity index (χ0) is 25.2. The molecule has 1 unspecified atom stereocenters. The maximum atomic E-state index is 13.0. The molecule has 0 radical (unpaired) electrons. The lowest BCUT2D eigenvalue weighted by atomic mass is 9.93. The van der Waals surface area contributed by atoms with E-state index in [1.807, 2.05) is 6.92 Å². The van der Waals surface area contributed by atoms with Crippen LogP contribution in [-0.4, -0.2) is 35.0 Å². The molecular weight excluding hydrogens is 444 g/mol. The Labute approximate surface area is 208 Å². The van der Waals surface area contributed by atoms with Gasteiger partial charge in [0.15, 0.2) is 29.0 Å². The van der Waals surface area contributed by atoms with Crippen LogP contribution in [0.4, 0.5) is 0 Å². The molecule has 0 aliphatic carbocycles. The van der Waals surface area contributed by atoms with Gasteiger partial charge in [-0.2, -0.15) is 0 Å². The number of unbranched alkanes of at least 4 members (excludes halogenated alkanes) is 10. The van der Waals surface area contributed by atoms with Gasteiger partial charge < -0.3 is 13.6 Å². The Balaban J connectivity index is 4.30. The number of rotatable bonds is 21. The van der Waals surface area contributed by atoms with Gasteiger partial charge in [0.1, 0.15) is 0 Å². The van der Waals surface area contributed by atoms with Crippen molar-refractivity contribution in [3.63, 3.8) is 0 Å². The largest absolute Gasteiger partial charge is 0.437 e. The van der Waals surface area contributed by atoms with Crippen molar-refractivity contribution in [3.05, 3.63) is 12.2 Å². The van der Waals surface area contributed by atoms with Gasteiger partial charge in [-0.3, -0.25) is 0 Å². The van der Waals surface area contributed by atoms with Crippen molar-refractivity contribution >= 4 is 22.6 Å². The molecule has 0 N–H and O–H groups in total. The maximum Gasteiger partial charge on any atom is 0.339 e. The zero-order valence-electron chi connectivity index (χ0n) is 23.4. The van der Waals surface area contributed by atoms with Gasteiger partial charge in [-0.25, -0.2) is 4.79 Å². The van der Waals surface area contributed by atoms with Crippen LogP contribution in [0.15, 0.2) is 12.2 Å². The molecule has 0 spiro atoms. The molecule has 0 amide bonds. The number of allylic oxidation sites excluding steroid dienone is 2. The van der Waals surface area contributed by atoms with Crippen molar-refractivity contribution in [2.24, 2.45) is 0 Å². The molecule has 0 rings (SSSR count). The van der Waals surface area contributed by atoms with Crippen molar-refractivity contribution in [1.29, 1.82) is 0 Å². The first-order valence-electron chi connectivity index (χ1n) is 13.6. The Morgan fingerprint density at radius 2 is 1.24 bits per heavy atom. The molecule has 4 nitrogen and oxygen atoms in total. The Bertz CT molecular complexity index is 523. The van der Waals surface area contributed by atoms with E-state index in [0.717, 1.165) is 25.7 Å². The predicted molar refractivity (Wildman–Crippen MR) is 148 cm³/mol. The second kappa shape index (κ2) is 17.9. The SMILES string of the molecule is CCCCCCCC/C=C/CCCCCCC(CC)(O[Si](C)(C)C)C(=O)OCO[Si](C)(C)C. The van der Waals surface area contributed by atoms with Crippen molar-refractivity contribution in [2.75, 3.05) is 6.79 Å². The van der Waals surface area contributed by atoms with E-state index in [0.29, 0.717) is 6.42 Å². The summed E-state index contributed by atoms with van der Waals surface area (Å²) < 4.78 is 17.7. The lowest BCUT2D eigenvalue weighted by Gasteiger charge is -2.36. The fraction of sp³-hybridized carbons (Fsp3) is 0.889. The summed E-state index contributed by atoms with van der Waals surface area (Å²) in [5.41, 5.74) is -0.829. The molecule has 0 aromatic carbocycles. The number of hydrogen-bond donors (Lipinski definition) is 0. The minimum absolute atomic E-state index is 0.0381. The highest BCUT2D eigenvalue weighted by Gasteiger charge is 2.42. The number of hydrogen-bond acceptors (Lipinski definition) is 4. The lowest BCUT2D eigenvalue weighted by molar-refractivity contribution is -0.171. The Morgan fingerprint density at radius 3 is 1.73 bits per heavy atom. The van der Waals surface area contributed by atoms with Crippen LogP contribution in [0.1, 0.15) is 104 Å². The normalized spacial score (nSPS) is 14.5. The summed E-state index contributed by atoms with van der Waals surface area (Å²) in [6.07, 6.45) is 21.2. The fourth-order valence-electron chi connectivity index (χ4n) is 3.87. The van der Waals surface area contributed by atoms with Gasteiger partial charge in [0.2, 0.25) is 0 Å². The molecular formula is C27H56O4Si2. The summed E-state index contributed by atoms with van der Waals surface area (Å²) >= 11 is 0. The van der Waals surface area contributed by atoms with E-state index in [4.69, 9.17) is 13.6 Å². The highest BCUT2D eigenvalue weighted by molar-refractivity contribution is 6.70. The second-order valence-corrected chi connectivity index (χ2v) is 20.3. The molecule has 0 saturated heterocycles. The molecule has 0 saturated carbocycles. The van der Waals surface area contributed by atoms with Crippen LogP contribution >= 0.6 is 0 Å². The van der Waals surface area contributed by atoms with Crippen LogP contribution in [0.25, 0.3) is 0 Å². The average Bonchev–Trinajstić information content (AvgIpc) is 2.71. The van der Waals surface area contributed by atoms with Gasteiger partial charge >= 0.3 is 5.97 Å². The highest BCUT2D eigenvalue weighted by Crippen LogP contribution is 2.30. The van der Waals surface area contributed by atoms with Crippen molar-refractivity contribution in [2.45, 2.75) is 149 Å². The van der Waals surface area contributed by atoms with E-state index in [1.54, 1.807) is 0 Å². The summed E-state index contributed by atoms with van der Waals surface area (Å²) in [6, 6.07) is 0. The first-order valence-corrected chi connectivity index (χ1v) is 20.4. The summed E-state index contributed by atoms with van der Waals surface area (Å²) in [6.45, 7) is 17.0. The third-order valence-corrected chi connectivity index (χ3v) is 7.71.